The molecule has 1 heterocycles. The van der Waals surface area contributed by atoms with E-state index < -0.39 is 30.1 Å². The van der Waals surface area contributed by atoms with Gasteiger partial charge in [-0.15, -0.1) is 0 Å². The molecule has 0 radical (unpaired) electrons. The number of esters is 1. The molecule has 1 aliphatic rings. The van der Waals surface area contributed by atoms with E-state index in [4.69, 9.17) is 4.74 Å². The van der Waals surface area contributed by atoms with Gasteiger partial charge in [0, 0.05) is 6.54 Å². The van der Waals surface area contributed by atoms with Crippen LogP contribution in [0.25, 0.3) is 0 Å². The Kier molecular flexibility index (Phi) is 14.0. The van der Waals surface area contributed by atoms with Gasteiger partial charge < -0.3 is 38.7 Å². The fraction of sp³-hybridized carbons (Fsp3) is 0.550. The fourth-order valence-electron chi connectivity index (χ4n) is 3.38. The summed E-state index contributed by atoms with van der Waals surface area (Å²) in [5.74, 6) is -1.68. The first kappa shape index (κ1) is 28.3. The van der Waals surface area contributed by atoms with Crippen LogP contribution < -0.4 is 58.9 Å². The molecule has 0 spiro atoms. The molecular weight excluding hydrogens is 498 g/mol. The Labute approximate surface area is 211 Å². The molecule has 29 heavy (non-hydrogen) atoms. The van der Waals surface area contributed by atoms with E-state index in [0.717, 1.165) is 5.56 Å². The maximum absolute atomic E-state index is 12.7. The van der Waals surface area contributed by atoms with Gasteiger partial charge in [0.15, 0.2) is 0 Å². The molecule has 1 fully saturated rings. The Morgan fingerprint density at radius 3 is 2.52 bits per heavy atom. The zero-order valence-electron chi connectivity index (χ0n) is 17.3. The van der Waals surface area contributed by atoms with E-state index in [1.807, 2.05) is 30.3 Å². The van der Waals surface area contributed by atoms with Gasteiger partial charge in [0.2, 0.25) is 5.91 Å². The first-order chi connectivity index (χ1) is 12.9. The Morgan fingerprint density at radius 2 is 1.93 bits per heavy atom. The van der Waals surface area contributed by atoms with Crippen LogP contribution in [0.3, 0.4) is 0 Å². The van der Waals surface area contributed by atoms with Crippen LogP contribution >= 0.6 is 0 Å². The van der Waals surface area contributed by atoms with Gasteiger partial charge in [0.05, 0.1) is 12.6 Å². The monoisotopic (exact) mass is 526 g/mol. The molecular formula is C20H28IN2NaO5. The zero-order valence-corrected chi connectivity index (χ0v) is 21.4. The van der Waals surface area contributed by atoms with E-state index in [2.05, 4.69) is 5.32 Å². The number of carbonyl (C=O) groups is 3. The molecule has 0 aliphatic carbocycles. The quantitative estimate of drug-likeness (QED) is 0.192. The predicted molar refractivity (Wildman–Crippen MR) is 100 cm³/mol. The third kappa shape index (κ3) is 8.53. The molecule has 1 aromatic carbocycles. The summed E-state index contributed by atoms with van der Waals surface area (Å²) in [5, 5.41) is 12.3. The smallest absolute Gasteiger partial charge is 1.00 e. The van der Waals surface area contributed by atoms with E-state index >= 15 is 0 Å². The van der Waals surface area contributed by atoms with Crippen molar-refractivity contribution in [2.45, 2.75) is 57.7 Å². The van der Waals surface area contributed by atoms with Gasteiger partial charge >= 0.3 is 41.5 Å². The zero-order chi connectivity index (χ0) is 19.8. The number of hydrogen-bond donors (Lipinski definition) is 2. The Bertz CT molecular complexity index is 662. The number of aryl methyl sites for hydroxylation is 1. The number of rotatable bonds is 9. The van der Waals surface area contributed by atoms with Crippen LogP contribution in [-0.2, 0) is 25.5 Å². The summed E-state index contributed by atoms with van der Waals surface area (Å²) in [6.07, 6.45) is 2.29. The van der Waals surface area contributed by atoms with Gasteiger partial charge in [-0.3, -0.25) is 14.9 Å². The summed E-state index contributed by atoms with van der Waals surface area (Å²) >= 11 is 0. The van der Waals surface area contributed by atoms with Crippen LogP contribution in [0, 0.1) is 0 Å². The molecule has 7 nitrogen and oxygen atoms in total. The van der Waals surface area contributed by atoms with Crippen molar-refractivity contribution >= 4 is 17.8 Å². The average Bonchev–Trinajstić information content (AvgIpc) is 3.15. The van der Waals surface area contributed by atoms with Crippen molar-refractivity contribution < 1.29 is 77.8 Å². The molecule has 1 amide bonds. The van der Waals surface area contributed by atoms with Gasteiger partial charge in [-0.05, 0) is 45.1 Å². The van der Waals surface area contributed by atoms with Crippen molar-refractivity contribution in [1.82, 2.24) is 10.2 Å². The van der Waals surface area contributed by atoms with Crippen LogP contribution in [0.5, 0.6) is 0 Å². The number of hydrogen-bond acceptors (Lipinski definition) is 5. The minimum Gasteiger partial charge on any atom is -1.00 e. The van der Waals surface area contributed by atoms with Crippen LogP contribution in [0.15, 0.2) is 30.3 Å². The number of carboxylic acids is 1. The molecule has 1 aliphatic heterocycles. The summed E-state index contributed by atoms with van der Waals surface area (Å²) in [6.45, 7) is 4.09. The summed E-state index contributed by atoms with van der Waals surface area (Å²) in [7, 11) is 0. The first-order valence-electron chi connectivity index (χ1n) is 9.44. The van der Waals surface area contributed by atoms with Crippen molar-refractivity contribution in [3.8, 4) is 0 Å². The number of ether oxygens (including phenoxy) is 1. The van der Waals surface area contributed by atoms with Crippen LogP contribution in [0.2, 0.25) is 0 Å². The molecule has 0 bridgehead atoms. The number of amides is 1. The van der Waals surface area contributed by atoms with Gasteiger partial charge in [-0.25, -0.2) is 4.79 Å². The number of nitrogens with zero attached hydrogens (tertiary/aromatic N) is 1. The SMILES string of the molecule is CCOC(=O)[C@H](CCc1ccccc1)N[C@@H](C)C(=O)N1CCC[C@H]1C(=O)O.[I-].[Na+]. The van der Waals surface area contributed by atoms with Gasteiger partial charge in [-0.2, -0.15) is 0 Å². The minimum absolute atomic E-state index is 0. The number of carbonyl (C=O) groups excluding carboxylic acids is 2. The number of benzene rings is 1. The first-order valence-corrected chi connectivity index (χ1v) is 9.44. The molecule has 0 unspecified atom stereocenters. The fourth-order valence-corrected chi connectivity index (χ4v) is 3.38. The molecule has 2 N–H and O–H groups in total. The maximum atomic E-state index is 12.7. The van der Waals surface area contributed by atoms with Crippen LogP contribution in [0.4, 0.5) is 0 Å². The average molecular weight is 526 g/mol. The Hall–Kier alpha value is -0.680. The molecule has 1 saturated heterocycles. The number of halogens is 1. The number of aliphatic carboxylic acids is 1. The summed E-state index contributed by atoms with van der Waals surface area (Å²) in [6, 6.07) is 7.69. The van der Waals surface area contributed by atoms with E-state index in [1.165, 1.54) is 4.90 Å². The Morgan fingerprint density at radius 1 is 1.28 bits per heavy atom. The minimum atomic E-state index is -0.987. The summed E-state index contributed by atoms with van der Waals surface area (Å²) in [4.78, 5) is 37.7. The predicted octanol–water partition coefficient (Wildman–Crippen LogP) is -4.39. The Balaban J connectivity index is 0.00000392. The van der Waals surface area contributed by atoms with Crippen molar-refractivity contribution in [1.29, 1.82) is 0 Å². The number of carboxylic acid groups (broad SMARTS) is 1. The van der Waals surface area contributed by atoms with E-state index in [0.29, 0.717) is 32.2 Å². The van der Waals surface area contributed by atoms with E-state index in [-0.39, 0.29) is 66.0 Å². The molecule has 1 aromatic rings. The largest absolute Gasteiger partial charge is 1.00 e. The molecule has 9 heteroatoms. The van der Waals surface area contributed by atoms with Gasteiger partial charge in [0.1, 0.15) is 12.1 Å². The molecule has 3 atom stereocenters. The van der Waals surface area contributed by atoms with Gasteiger partial charge in [-0.1, -0.05) is 30.3 Å². The third-order valence-corrected chi connectivity index (χ3v) is 4.78. The molecule has 0 saturated carbocycles. The van der Waals surface area contributed by atoms with Crippen molar-refractivity contribution in [2.75, 3.05) is 13.2 Å². The maximum Gasteiger partial charge on any atom is 1.00 e. The standard InChI is InChI=1S/C20H28N2O5.HI.Na/c1-3-27-20(26)16(12-11-15-8-5-4-6-9-15)21-14(2)18(23)22-13-7-10-17(22)19(24)25;;/h4-6,8-9,14,16-17,21H,3,7,10-13H2,1-2H3,(H,24,25);1H;/q;;+1/p-1/t14-,16-,17-;;/m0../s1. The summed E-state index contributed by atoms with van der Waals surface area (Å²) in [5.41, 5.74) is 1.10. The number of nitrogens with one attached hydrogen (secondary N) is 1. The van der Waals surface area contributed by atoms with Crippen LogP contribution in [0.1, 0.15) is 38.7 Å². The van der Waals surface area contributed by atoms with Crippen molar-refractivity contribution in [2.24, 2.45) is 0 Å². The molecule has 156 valence electrons. The molecule has 0 aromatic heterocycles. The van der Waals surface area contributed by atoms with Gasteiger partial charge in [0.25, 0.3) is 0 Å². The second-order valence-corrected chi connectivity index (χ2v) is 6.75. The summed E-state index contributed by atoms with van der Waals surface area (Å²) < 4.78 is 5.14. The van der Waals surface area contributed by atoms with Crippen molar-refractivity contribution in [3.05, 3.63) is 35.9 Å². The third-order valence-electron chi connectivity index (χ3n) is 4.78. The second kappa shape index (κ2) is 14.3. The molecule has 2 rings (SSSR count). The van der Waals surface area contributed by atoms with Crippen molar-refractivity contribution in [3.63, 3.8) is 0 Å². The van der Waals surface area contributed by atoms with E-state index in [1.54, 1.807) is 13.8 Å². The van der Waals surface area contributed by atoms with E-state index in [9.17, 15) is 19.5 Å². The number of likely N-dealkylation sites (tertiary alicyclic amines) is 1. The second-order valence-electron chi connectivity index (χ2n) is 6.75. The normalized spacial score (nSPS) is 17.4. The van der Waals surface area contributed by atoms with Crippen LogP contribution in [-0.4, -0.2) is 59.1 Å². The topological polar surface area (TPSA) is 95.9 Å².